The number of carbonyl (C=O) groups is 2. The van der Waals surface area contributed by atoms with Crippen LogP contribution >= 0.6 is 0 Å². The number of β-amino-alcohol motifs (C(OH)–C–C–N with tert-alkyl or cyclic N) is 1. The Balaban J connectivity index is 1.65. The van der Waals surface area contributed by atoms with E-state index in [9.17, 15) is 19.1 Å². The molecule has 164 valence electrons. The maximum atomic E-state index is 13.2. The van der Waals surface area contributed by atoms with Crippen molar-refractivity contribution in [3.8, 4) is 11.5 Å². The molecule has 1 aliphatic heterocycles. The van der Waals surface area contributed by atoms with E-state index in [4.69, 9.17) is 9.47 Å². The number of halogens is 1. The first-order valence-electron chi connectivity index (χ1n) is 9.80. The molecule has 1 heterocycles. The molecular weight excluding hydrogens is 403 g/mol. The highest BCUT2D eigenvalue weighted by Gasteiger charge is 2.49. The molecule has 8 heteroatoms. The molecule has 2 aromatic rings. The fraction of sp³-hybridized carbons (Fsp3) is 0.304. The van der Waals surface area contributed by atoms with Crippen molar-refractivity contribution < 1.29 is 28.6 Å². The summed E-state index contributed by atoms with van der Waals surface area (Å²) in [7, 11) is 1.52. The molecule has 0 spiro atoms. The van der Waals surface area contributed by atoms with Crippen LogP contribution in [-0.4, -0.2) is 48.3 Å². The van der Waals surface area contributed by atoms with E-state index in [0.717, 1.165) is 10.5 Å². The number of nitrogens with one attached hydrogen (secondary N) is 1. The van der Waals surface area contributed by atoms with Gasteiger partial charge in [-0.15, -0.1) is 0 Å². The second-order valence-electron chi connectivity index (χ2n) is 7.35. The zero-order chi connectivity index (χ0) is 22.6. The average Bonchev–Trinajstić information content (AvgIpc) is 2.97. The Bertz CT molecular complexity index is 992. The summed E-state index contributed by atoms with van der Waals surface area (Å²) in [4.78, 5) is 26.2. The molecular formula is C23H25FN2O5. The molecule has 1 aliphatic rings. The van der Waals surface area contributed by atoms with E-state index >= 15 is 0 Å². The van der Waals surface area contributed by atoms with Gasteiger partial charge in [-0.1, -0.05) is 30.4 Å². The number of benzene rings is 2. The Kier molecular flexibility index (Phi) is 6.60. The molecule has 7 nitrogen and oxygen atoms in total. The third-order valence-corrected chi connectivity index (χ3v) is 5.07. The molecule has 1 fully saturated rings. The summed E-state index contributed by atoms with van der Waals surface area (Å²) in [6.07, 6.45) is 2.69. The second-order valence-corrected chi connectivity index (χ2v) is 7.35. The molecule has 0 aliphatic carbocycles. The SMILES string of the molecule is C/C=C/c1ccc(OCC(O)CN2C(=O)NC(C)(c3ccc(F)cc3)C2=O)c(OC)c1. The lowest BCUT2D eigenvalue weighted by atomic mass is 9.92. The number of imide groups is 1. The standard InChI is InChI=1S/C23H25FN2O5/c1-4-5-15-6-11-19(20(12-15)30-3)31-14-18(27)13-26-21(28)23(2,25-22(26)29)16-7-9-17(24)10-8-16/h4-12,18,27H,13-14H2,1-3H3,(H,25,29)/b5-4+. The molecule has 0 bridgehead atoms. The number of urea groups is 1. The number of allylic oxidation sites excluding steroid dienone is 1. The first-order valence-corrected chi connectivity index (χ1v) is 9.80. The van der Waals surface area contributed by atoms with Gasteiger partial charge in [0.15, 0.2) is 11.5 Å². The van der Waals surface area contributed by atoms with Crippen LogP contribution < -0.4 is 14.8 Å². The summed E-state index contributed by atoms with van der Waals surface area (Å²) in [6, 6.07) is 10.1. The number of carbonyl (C=O) groups excluding carboxylic acids is 2. The molecule has 2 aromatic carbocycles. The Morgan fingerprint density at radius 3 is 2.55 bits per heavy atom. The third-order valence-electron chi connectivity index (χ3n) is 5.07. The Morgan fingerprint density at radius 2 is 1.90 bits per heavy atom. The molecule has 0 saturated carbocycles. The zero-order valence-electron chi connectivity index (χ0n) is 17.6. The summed E-state index contributed by atoms with van der Waals surface area (Å²) in [5.74, 6) is -0.0380. The fourth-order valence-corrected chi connectivity index (χ4v) is 3.39. The van der Waals surface area contributed by atoms with Crippen LogP contribution in [0.2, 0.25) is 0 Å². The van der Waals surface area contributed by atoms with E-state index in [0.29, 0.717) is 17.1 Å². The number of hydrogen-bond acceptors (Lipinski definition) is 5. The largest absolute Gasteiger partial charge is 0.493 e. The first-order chi connectivity index (χ1) is 14.8. The highest BCUT2D eigenvalue weighted by Crippen LogP contribution is 2.30. The molecule has 2 atom stereocenters. The molecule has 31 heavy (non-hydrogen) atoms. The van der Waals surface area contributed by atoms with Crippen molar-refractivity contribution in [1.29, 1.82) is 0 Å². The van der Waals surface area contributed by atoms with Crippen molar-refractivity contribution >= 4 is 18.0 Å². The van der Waals surface area contributed by atoms with Crippen LogP contribution in [0.3, 0.4) is 0 Å². The predicted molar refractivity (Wildman–Crippen MR) is 113 cm³/mol. The van der Waals surface area contributed by atoms with Crippen LogP contribution in [0.1, 0.15) is 25.0 Å². The molecule has 2 unspecified atom stereocenters. The molecule has 2 N–H and O–H groups in total. The van der Waals surface area contributed by atoms with Gasteiger partial charge in [0.25, 0.3) is 5.91 Å². The Hall–Kier alpha value is -3.39. The first kappa shape index (κ1) is 22.3. The van der Waals surface area contributed by atoms with Gasteiger partial charge < -0.3 is 19.9 Å². The molecule has 3 rings (SSSR count). The predicted octanol–water partition coefficient (Wildman–Crippen LogP) is 3.07. The summed E-state index contributed by atoms with van der Waals surface area (Å²) in [5, 5.41) is 13.0. The Morgan fingerprint density at radius 1 is 1.19 bits per heavy atom. The number of ether oxygens (including phenoxy) is 2. The van der Waals surface area contributed by atoms with Crippen LogP contribution in [0.5, 0.6) is 11.5 Å². The van der Waals surface area contributed by atoms with Gasteiger partial charge in [-0.05, 0) is 49.2 Å². The van der Waals surface area contributed by atoms with E-state index in [1.165, 1.54) is 31.4 Å². The average molecular weight is 428 g/mol. The maximum Gasteiger partial charge on any atom is 0.325 e. The minimum absolute atomic E-state index is 0.149. The van der Waals surface area contributed by atoms with Gasteiger partial charge in [-0.2, -0.15) is 0 Å². The van der Waals surface area contributed by atoms with E-state index in [1.807, 2.05) is 25.1 Å². The number of hydrogen-bond donors (Lipinski definition) is 2. The quantitative estimate of drug-likeness (QED) is 0.631. The van der Waals surface area contributed by atoms with Gasteiger partial charge in [0.2, 0.25) is 0 Å². The number of rotatable bonds is 8. The minimum atomic E-state index is -1.34. The number of aliphatic hydroxyl groups is 1. The lowest BCUT2D eigenvalue weighted by Gasteiger charge is -2.23. The number of nitrogens with zero attached hydrogens (tertiary/aromatic N) is 1. The third kappa shape index (κ3) is 4.69. The van der Waals surface area contributed by atoms with Gasteiger partial charge in [0.05, 0.1) is 13.7 Å². The van der Waals surface area contributed by atoms with E-state index < -0.39 is 29.4 Å². The zero-order valence-corrected chi connectivity index (χ0v) is 17.6. The summed E-state index contributed by atoms with van der Waals surface area (Å²) in [5.41, 5.74) is 0.0510. The van der Waals surface area contributed by atoms with Gasteiger partial charge in [0, 0.05) is 0 Å². The van der Waals surface area contributed by atoms with Gasteiger partial charge in [-0.3, -0.25) is 9.69 Å². The highest BCUT2D eigenvalue weighted by molar-refractivity contribution is 6.07. The monoisotopic (exact) mass is 428 g/mol. The van der Waals surface area contributed by atoms with Crippen molar-refractivity contribution in [1.82, 2.24) is 10.2 Å². The summed E-state index contributed by atoms with van der Waals surface area (Å²) in [6.45, 7) is 3.05. The summed E-state index contributed by atoms with van der Waals surface area (Å²) < 4.78 is 24.2. The van der Waals surface area contributed by atoms with Crippen LogP contribution in [0.15, 0.2) is 48.5 Å². The van der Waals surface area contributed by atoms with E-state index in [1.54, 1.807) is 19.1 Å². The number of aliphatic hydroxyl groups excluding tert-OH is 1. The normalized spacial score (nSPS) is 19.6. The lowest BCUT2D eigenvalue weighted by Crippen LogP contribution is -2.42. The molecule has 0 aromatic heterocycles. The van der Waals surface area contributed by atoms with Crippen LogP contribution in [0.4, 0.5) is 9.18 Å². The van der Waals surface area contributed by atoms with Crippen molar-refractivity contribution in [2.24, 2.45) is 0 Å². The molecule has 0 radical (unpaired) electrons. The lowest BCUT2D eigenvalue weighted by molar-refractivity contribution is -0.132. The molecule has 3 amide bonds. The maximum absolute atomic E-state index is 13.2. The summed E-state index contributed by atoms with van der Waals surface area (Å²) >= 11 is 0. The Labute approximate surface area is 180 Å². The van der Waals surface area contributed by atoms with Crippen molar-refractivity contribution in [3.05, 3.63) is 65.5 Å². The number of methoxy groups -OCH3 is 1. The minimum Gasteiger partial charge on any atom is -0.493 e. The van der Waals surface area contributed by atoms with E-state index in [2.05, 4.69) is 5.32 Å². The van der Waals surface area contributed by atoms with Crippen LogP contribution in [-0.2, 0) is 10.3 Å². The highest BCUT2D eigenvalue weighted by atomic mass is 19.1. The van der Waals surface area contributed by atoms with Crippen molar-refractivity contribution in [2.75, 3.05) is 20.3 Å². The van der Waals surface area contributed by atoms with Crippen LogP contribution in [0, 0.1) is 5.82 Å². The number of amides is 3. The van der Waals surface area contributed by atoms with Gasteiger partial charge in [-0.25, -0.2) is 9.18 Å². The van der Waals surface area contributed by atoms with Crippen molar-refractivity contribution in [2.45, 2.75) is 25.5 Å². The van der Waals surface area contributed by atoms with Crippen molar-refractivity contribution in [3.63, 3.8) is 0 Å². The second kappa shape index (κ2) is 9.18. The topological polar surface area (TPSA) is 88.1 Å². The van der Waals surface area contributed by atoms with E-state index in [-0.39, 0.29) is 13.2 Å². The van der Waals surface area contributed by atoms with Gasteiger partial charge in [0.1, 0.15) is 24.1 Å². The smallest absolute Gasteiger partial charge is 0.325 e. The van der Waals surface area contributed by atoms with Gasteiger partial charge >= 0.3 is 6.03 Å². The fourth-order valence-electron chi connectivity index (χ4n) is 3.39. The molecule has 1 saturated heterocycles. The van der Waals surface area contributed by atoms with Crippen LogP contribution in [0.25, 0.3) is 6.08 Å².